The molecule has 114 valence electrons. The molecular weight excluding hydrogens is 274 g/mol. The smallest absolute Gasteiger partial charge is 0.227 e. The van der Waals surface area contributed by atoms with E-state index in [1.165, 1.54) is 12.0 Å². The molecule has 1 amide bonds. The van der Waals surface area contributed by atoms with Gasteiger partial charge in [0.2, 0.25) is 5.91 Å². The van der Waals surface area contributed by atoms with Gasteiger partial charge in [0.15, 0.2) is 0 Å². The van der Waals surface area contributed by atoms with E-state index in [1.54, 1.807) is 25.3 Å². The maximum absolute atomic E-state index is 12.3. The fourth-order valence-electron chi connectivity index (χ4n) is 2.59. The van der Waals surface area contributed by atoms with Gasteiger partial charge in [0, 0.05) is 12.1 Å². The van der Waals surface area contributed by atoms with Gasteiger partial charge < -0.3 is 24.3 Å². The summed E-state index contributed by atoms with van der Waals surface area (Å²) >= 11 is 0. The third kappa shape index (κ3) is 3.26. The van der Waals surface area contributed by atoms with Gasteiger partial charge in [0.05, 0.1) is 32.7 Å². The molecule has 1 saturated heterocycles. The second kappa shape index (κ2) is 6.47. The molecule has 1 aromatic rings. The number of aliphatic carboxylic acids is 1. The van der Waals surface area contributed by atoms with Crippen molar-refractivity contribution < 1.29 is 24.2 Å². The zero-order valence-corrected chi connectivity index (χ0v) is 12.1. The number of amides is 1. The molecule has 0 saturated carbocycles. The van der Waals surface area contributed by atoms with Crippen molar-refractivity contribution in [3.8, 4) is 11.5 Å². The quantitative estimate of drug-likeness (QED) is 0.762. The van der Waals surface area contributed by atoms with Crippen LogP contribution in [0.5, 0.6) is 11.5 Å². The van der Waals surface area contributed by atoms with Crippen molar-refractivity contribution in [3.63, 3.8) is 0 Å². The van der Waals surface area contributed by atoms with E-state index in [9.17, 15) is 14.7 Å². The third-order valence-electron chi connectivity index (χ3n) is 3.67. The van der Waals surface area contributed by atoms with Crippen molar-refractivity contribution in [2.45, 2.75) is 25.3 Å². The number of benzene rings is 1. The first-order valence-electron chi connectivity index (χ1n) is 6.78. The van der Waals surface area contributed by atoms with Gasteiger partial charge in [-0.05, 0) is 31.0 Å². The van der Waals surface area contributed by atoms with Gasteiger partial charge in [0.1, 0.15) is 11.5 Å². The number of carbonyl (C=O) groups is 2. The van der Waals surface area contributed by atoms with Crippen LogP contribution >= 0.6 is 0 Å². The number of hydrogen-bond acceptors (Lipinski definition) is 5. The summed E-state index contributed by atoms with van der Waals surface area (Å²) in [7, 11) is 3.07. The van der Waals surface area contributed by atoms with E-state index < -0.39 is 12.0 Å². The summed E-state index contributed by atoms with van der Waals surface area (Å²) in [5, 5.41) is 11.0. The van der Waals surface area contributed by atoms with Gasteiger partial charge in [-0.2, -0.15) is 0 Å². The summed E-state index contributed by atoms with van der Waals surface area (Å²) in [6, 6.07) is 4.36. The van der Waals surface area contributed by atoms with Crippen LogP contribution in [0.25, 0.3) is 0 Å². The van der Waals surface area contributed by atoms with Crippen LogP contribution in [-0.2, 0) is 16.0 Å². The van der Waals surface area contributed by atoms with E-state index in [-0.39, 0.29) is 12.3 Å². The number of rotatable bonds is 5. The fraction of sp³-hybridized carbons (Fsp3) is 0.467. The Kier molecular flexibility index (Phi) is 4.67. The predicted octanol–water partition coefficient (Wildman–Crippen LogP) is -0.0128. The molecule has 1 aliphatic heterocycles. The van der Waals surface area contributed by atoms with Crippen LogP contribution in [0.4, 0.5) is 0 Å². The minimum absolute atomic E-state index is 0.0736. The average Bonchev–Trinajstić information content (AvgIpc) is 2.96. The minimum atomic E-state index is -1.20. The van der Waals surface area contributed by atoms with E-state index in [2.05, 4.69) is 0 Å². The lowest BCUT2D eigenvalue weighted by atomic mass is 10.1. The number of hydrogen-bond donors (Lipinski definition) is 0. The molecular formula is C15H18NO5-. The zero-order valence-electron chi connectivity index (χ0n) is 12.1. The van der Waals surface area contributed by atoms with Gasteiger partial charge in [0.25, 0.3) is 0 Å². The summed E-state index contributed by atoms with van der Waals surface area (Å²) < 4.78 is 10.4. The number of carboxylic acids is 1. The average molecular weight is 292 g/mol. The van der Waals surface area contributed by atoms with Crippen molar-refractivity contribution in [3.05, 3.63) is 23.8 Å². The number of likely N-dealkylation sites (tertiary alicyclic amines) is 1. The SMILES string of the molecule is COc1ccc(OC)c(CC(=O)N2CCCC2C(=O)[O-])c1. The van der Waals surface area contributed by atoms with Crippen molar-refractivity contribution >= 4 is 11.9 Å². The molecule has 1 aromatic carbocycles. The maximum atomic E-state index is 12.3. The molecule has 1 heterocycles. The van der Waals surface area contributed by atoms with E-state index in [0.29, 0.717) is 36.4 Å². The number of ether oxygens (including phenoxy) is 2. The normalized spacial score (nSPS) is 17.6. The molecule has 6 nitrogen and oxygen atoms in total. The van der Waals surface area contributed by atoms with Crippen LogP contribution in [0.15, 0.2) is 18.2 Å². The number of nitrogens with zero attached hydrogens (tertiary/aromatic N) is 1. The van der Waals surface area contributed by atoms with Crippen molar-refractivity contribution in [1.29, 1.82) is 0 Å². The molecule has 0 aliphatic carbocycles. The van der Waals surface area contributed by atoms with Gasteiger partial charge in [-0.15, -0.1) is 0 Å². The molecule has 0 bridgehead atoms. The Morgan fingerprint density at radius 1 is 1.33 bits per heavy atom. The number of carboxylic acid groups (broad SMARTS) is 1. The van der Waals surface area contributed by atoms with E-state index in [4.69, 9.17) is 9.47 Å². The van der Waals surface area contributed by atoms with Crippen molar-refractivity contribution in [1.82, 2.24) is 4.90 Å². The first kappa shape index (κ1) is 15.2. The molecule has 1 atom stereocenters. The molecule has 6 heteroatoms. The molecule has 0 N–H and O–H groups in total. The summed E-state index contributed by atoms with van der Waals surface area (Å²) in [6.45, 7) is 0.448. The van der Waals surface area contributed by atoms with Crippen LogP contribution in [0, 0.1) is 0 Å². The summed E-state index contributed by atoms with van der Waals surface area (Å²) in [4.78, 5) is 24.7. The Balaban J connectivity index is 2.17. The topological polar surface area (TPSA) is 78.9 Å². The molecule has 0 radical (unpaired) electrons. The fourth-order valence-corrected chi connectivity index (χ4v) is 2.59. The zero-order chi connectivity index (χ0) is 15.4. The Hall–Kier alpha value is -2.24. The summed E-state index contributed by atoms with van der Waals surface area (Å²) in [5.74, 6) is -0.239. The van der Waals surface area contributed by atoms with Crippen molar-refractivity contribution in [2.75, 3.05) is 20.8 Å². The predicted molar refractivity (Wildman–Crippen MR) is 73.0 cm³/mol. The molecule has 1 fully saturated rings. The van der Waals surface area contributed by atoms with Crippen LogP contribution in [-0.4, -0.2) is 43.6 Å². The van der Waals surface area contributed by atoms with Gasteiger partial charge in [-0.25, -0.2) is 0 Å². The highest BCUT2D eigenvalue weighted by Gasteiger charge is 2.29. The Labute approximate surface area is 123 Å². The van der Waals surface area contributed by atoms with E-state index in [1.807, 2.05) is 0 Å². The molecule has 2 rings (SSSR count). The van der Waals surface area contributed by atoms with Crippen LogP contribution in [0.1, 0.15) is 18.4 Å². The maximum Gasteiger partial charge on any atom is 0.227 e. The van der Waals surface area contributed by atoms with Crippen LogP contribution in [0.2, 0.25) is 0 Å². The Morgan fingerprint density at radius 2 is 2.10 bits per heavy atom. The summed E-state index contributed by atoms with van der Waals surface area (Å²) in [5.41, 5.74) is 0.672. The monoisotopic (exact) mass is 292 g/mol. The Bertz CT molecular complexity index is 543. The first-order valence-corrected chi connectivity index (χ1v) is 6.78. The lowest BCUT2D eigenvalue weighted by Crippen LogP contribution is -2.47. The molecule has 21 heavy (non-hydrogen) atoms. The molecule has 0 spiro atoms. The molecule has 1 aliphatic rings. The van der Waals surface area contributed by atoms with Crippen LogP contribution < -0.4 is 14.6 Å². The van der Waals surface area contributed by atoms with E-state index >= 15 is 0 Å². The number of carbonyl (C=O) groups excluding carboxylic acids is 2. The highest BCUT2D eigenvalue weighted by molar-refractivity contribution is 5.85. The lowest BCUT2D eigenvalue weighted by molar-refractivity contribution is -0.310. The largest absolute Gasteiger partial charge is 0.548 e. The van der Waals surface area contributed by atoms with Crippen molar-refractivity contribution in [2.24, 2.45) is 0 Å². The highest BCUT2D eigenvalue weighted by atomic mass is 16.5. The molecule has 1 unspecified atom stereocenters. The summed E-state index contributed by atoms with van der Waals surface area (Å²) in [6.07, 6.45) is 1.20. The number of methoxy groups -OCH3 is 2. The van der Waals surface area contributed by atoms with Gasteiger partial charge >= 0.3 is 0 Å². The first-order chi connectivity index (χ1) is 10.1. The third-order valence-corrected chi connectivity index (χ3v) is 3.67. The van der Waals surface area contributed by atoms with Gasteiger partial charge in [-0.3, -0.25) is 4.79 Å². The lowest BCUT2D eigenvalue weighted by Gasteiger charge is -2.25. The minimum Gasteiger partial charge on any atom is -0.548 e. The van der Waals surface area contributed by atoms with Crippen LogP contribution in [0.3, 0.4) is 0 Å². The van der Waals surface area contributed by atoms with E-state index in [0.717, 1.165) is 0 Å². The second-order valence-electron chi connectivity index (χ2n) is 4.92. The highest BCUT2D eigenvalue weighted by Crippen LogP contribution is 2.26. The molecule has 0 aromatic heterocycles. The second-order valence-corrected chi connectivity index (χ2v) is 4.92. The van der Waals surface area contributed by atoms with Gasteiger partial charge in [-0.1, -0.05) is 0 Å². The Morgan fingerprint density at radius 3 is 2.71 bits per heavy atom. The standard InChI is InChI=1S/C15H19NO5/c1-20-11-5-6-13(21-2)10(8-11)9-14(17)16-7-3-4-12(16)15(18)19/h5-6,8,12H,3-4,7,9H2,1-2H3,(H,18,19)/p-1.